The minimum atomic E-state index is -0.140. The van der Waals surface area contributed by atoms with Crippen LogP contribution in [-0.4, -0.2) is 36.6 Å². The van der Waals surface area contributed by atoms with Crippen LogP contribution in [0.1, 0.15) is 45.4 Å². The van der Waals surface area contributed by atoms with Crippen molar-refractivity contribution in [3.05, 3.63) is 0 Å². The fraction of sp³-hybridized carbons (Fsp3) is 0.929. The number of carbonyl (C=O) groups is 1. The molecule has 0 amide bonds. The van der Waals surface area contributed by atoms with Crippen molar-refractivity contribution in [2.75, 3.05) is 19.7 Å². The van der Waals surface area contributed by atoms with E-state index in [1.165, 1.54) is 32.2 Å². The van der Waals surface area contributed by atoms with Crippen LogP contribution in [0.3, 0.4) is 0 Å². The van der Waals surface area contributed by atoms with Crippen molar-refractivity contribution < 1.29 is 9.53 Å². The van der Waals surface area contributed by atoms with Gasteiger partial charge in [0, 0.05) is 6.04 Å². The van der Waals surface area contributed by atoms with E-state index in [9.17, 15) is 4.79 Å². The molecule has 3 nitrogen and oxygen atoms in total. The fourth-order valence-corrected chi connectivity index (χ4v) is 4.55. The number of ether oxygens (including phenoxy) is 1. The highest BCUT2D eigenvalue weighted by atomic mass is 16.5. The minimum absolute atomic E-state index is 0.0964. The Morgan fingerprint density at radius 3 is 2.94 bits per heavy atom. The van der Waals surface area contributed by atoms with E-state index < -0.39 is 0 Å². The summed E-state index contributed by atoms with van der Waals surface area (Å²) in [4.78, 5) is 15.0. The highest BCUT2D eigenvalue weighted by molar-refractivity contribution is 5.78. The Hall–Kier alpha value is -0.570. The highest BCUT2D eigenvalue weighted by Gasteiger charge is 2.58. The van der Waals surface area contributed by atoms with E-state index >= 15 is 0 Å². The van der Waals surface area contributed by atoms with Gasteiger partial charge in [0.1, 0.15) is 0 Å². The molecular weight excluding hydrogens is 214 g/mol. The molecule has 2 heterocycles. The van der Waals surface area contributed by atoms with Gasteiger partial charge in [0.2, 0.25) is 0 Å². The van der Waals surface area contributed by atoms with Crippen LogP contribution in [0.5, 0.6) is 0 Å². The van der Waals surface area contributed by atoms with Gasteiger partial charge in [0.05, 0.1) is 12.0 Å². The molecule has 3 aliphatic rings. The van der Waals surface area contributed by atoms with Gasteiger partial charge in [-0.25, -0.2) is 0 Å². The van der Waals surface area contributed by atoms with E-state index in [0.717, 1.165) is 25.3 Å². The summed E-state index contributed by atoms with van der Waals surface area (Å²) in [6, 6.07) is 0.504. The zero-order valence-corrected chi connectivity index (χ0v) is 10.8. The standard InChI is InChI=1S/C14H23NO2/c1-2-17-13(16)14-7-3-5-11-6-4-9-15(10-8-14)12(11)14/h11-12H,2-10H2,1H3. The first kappa shape index (κ1) is 11.5. The van der Waals surface area contributed by atoms with Crippen molar-refractivity contribution >= 4 is 5.97 Å². The summed E-state index contributed by atoms with van der Waals surface area (Å²) in [5, 5.41) is 0. The summed E-state index contributed by atoms with van der Waals surface area (Å²) >= 11 is 0. The van der Waals surface area contributed by atoms with E-state index in [4.69, 9.17) is 4.74 Å². The molecule has 2 saturated heterocycles. The van der Waals surface area contributed by atoms with Gasteiger partial charge in [0.15, 0.2) is 0 Å². The first-order chi connectivity index (χ1) is 8.28. The van der Waals surface area contributed by atoms with Crippen molar-refractivity contribution in [1.29, 1.82) is 0 Å². The molecule has 96 valence electrons. The van der Waals surface area contributed by atoms with Crippen LogP contribution < -0.4 is 0 Å². The molecule has 0 aromatic rings. The largest absolute Gasteiger partial charge is 0.466 e. The maximum Gasteiger partial charge on any atom is 0.313 e. The number of esters is 1. The Morgan fingerprint density at radius 1 is 1.29 bits per heavy atom. The third-order valence-electron chi connectivity index (χ3n) is 5.15. The SMILES string of the molecule is CCOC(=O)C12CCCC3CCCN(CC1)C32. The van der Waals surface area contributed by atoms with Crippen LogP contribution in [0.4, 0.5) is 0 Å². The zero-order chi connectivity index (χ0) is 11.9. The average Bonchev–Trinajstić information content (AvgIpc) is 2.73. The Labute approximate surface area is 104 Å². The highest BCUT2D eigenvalue weighted by Crippen LogP contribution is 2.52. The number of hydrogen-bond donors (Lipinski definition) is 0. The molecule has 1 saturated carbocycles. The van der Waals surface area contributed by atoms with Crippen LogP contribution in [-0.2, 0) is 9.53 Å². The number of hydrogen-bond acceptors (Lipinski definition) is 3. The molecule has 0 N–H and O–H groups in total. The molecule has 17 heavy (non-hydrogen) atoms. The summed E-state index contributed by atoms with van der Waals surface area (Å²) in [5.74, 6) is 0.850. The third kappa shape index (κ3) is 1.62. The van der Waals surface area contributed by atoms with Gasteiger partial charge in [0.25, 0.3) is 0 Å². The first-order valence-corrected chi connectivity index (χ1v) is 7.19. The van der Waals surface area contributed by atoms with Gasteiger partial charge >= 0.3 is 5.97 Å². The third-order valence-corrected chi connectivity index (χ3v) is 5.15. The fourth-order valence-electron chi connectivity index (χ4n) is 4.55. The van der Waals surface area contributed by atoms with Crippen LogP contribution in [0.25, 0.3) is 0 Å². The summed E-state index contributed by atoms with van der Waals surface area (Å²) in [6.07, 6.45) is 7.27. The smallest absolute Gasteiger partial charge is 0.313 e. The predicted molar refractivity (Wildman–Crippen MR) is 65.6 cm³/mol. The quantitative estimate of drug-likeness (QED) is 0.690. The minimum Gasteiger partial charge on any atom is -0.466 e. The molecule has 3 fully saturated rings. The van der Waals surface area contributed by atoms with Gasteiger partial charge in [-0.05, 0) is 58.0 Å². The molecule has 1 aliphatic carbocycles. The van der Waals surface area contributed by atoms with Crippen molar-refractivity contribution in [2.45, 2.75) is 51.5 Å². The monoisotopic (exact) mass is 237 g/mol. The Bertz CT molecular complexity index is 315. The van der Waals surface area contributed by atoms with Crippen molar-refractivity contribution in [3.63, 3.8) is 0 Å². The van der Waals surface area contributed by atoms with Crippen molar-refractivity contribution in [2.24, 2.45) is 11.3 Å². The van der Waals surface area contributed by atoms with Gasteiger partial charge in [-0.2, -0.15) is 0 Å². The second-order valence-electron chi connectivity index (χ2n) is 5.90. The van der Waals surface area contributed by atoms with Crippen LogP contribution >= 0.6 is 0 Å². The molecule has 3 unspecified atom stereocenters. The number of nitrogens with zero attached hydrogens (tertiary/aromatic N) is 1. The van der Waals surface area contributed by atoms with E-state index in [0.29, 0.717) is 12.6 Å². The average molecular weight is 237 g/mol. The molecule has 0 bridgehead atoms. The lowest BCUT2D eigenvalue weighted by Crippen LogP contribution is -2.54. The molecule has 0 aromatic carbocycles. The van der Waals surface area contributed by atoms with Crippen molar-refractivity contribution in [3.8, 4) is 0 Å². The summed E-state index contributed by atoms with van der Waals surface area (Å²) in [7, 11) is 0. The maximum atomic E-state index is 12.4. The Balaban J connectivity index is 1.89. The predicted octanol–water partition coefficient (Wildman–Crippen LogP) is 2.20. The molecule has 3 rings (SSSR count). The van der Waals surface area contributed by atoms with Crippen LogP contribution in [0.15, 0.2) is 0 Å². The summed E-state index contributed by atoms with van der Waals surface area (Å²) in [6.45, 7) is 4.75. The van der Waals surface area contributed by atoms with E-state index in [-0.39, 0.29) is 11.4 Å². The molecule has 3 atom stereocenters. The van der Waals surface area contributed by atoms with Gasteiger partial charge in [-0.3, -0.25) is 9.69 Å². The number of carbonyl (C=O) groups excluding carboxylic acids is 1. The van der Waals surface area contributed by atoms with Gasteiger partial charge in [-0.15, -0.1) is 0 Å². The molecule has 3 heteroatoms. The normalized spacial score (nSPS) is 41.0. The van der Waals surface area contributed by atoms with E-state index in [2.05, 4.69) is 4.90 Å². The number of piperidine rings is 1. The lowest BCUT2D eigenvalue weighted by molar-refractivity contribution is -0.162. The molecule has 0 spiro atoms. The lowest BCUT2D eigenvalue weighted by Gasteiger charge is -2.47. The van der Waals surface area contributed by atoms with Crippen LogP contribution in [0, 0.1) is 11.3 Å². The van der Waals surface area contributed by atoms with Crippen molar-refractivity contribution in [1.82, 2.24) is 4.90 Å². The van der Waals surface area contributed by atoms with E-state index in [1.807, 2.05) is 6.92 Å². The van der Waals surface area contributed by atoms with Crippen LogP contribution in [0.2, 0.25) is 0 Å². The molecule has 2 aliphatic heterocycles. The Kier molecular flexibility index (Phi) is 2.89. The lowest BCUT2D eigenvalue weighted by atomic mass is 9.64. The molecule has 0 radical (unpaired) electrons. The second-order valence-corrected chi connectivity index (χ2v) is 5.90. The first-order valence-electron chi connectivity index (χ1n) is 7.19. The van der Waals surface area contributed by atoms with Gasteiger partial charge in [-0.1, -0.05) is 6.42 Å². The molecule has 0 aromatic heterocycles. The molecular formula is C14H23NO2. The zero-order valence-electron chi connectivity index (χ0n) is 10.8. The number of rotatable bonds is 2. The summed E-state index contributed by atoms with van der Waals surface area (Å²) < 4.78 is 5.39. The topological polar surface area (TPSA) is 29.5 Å². The maximum absolute atomic E-state index is 12.4. The summed E-state index contributed by atoms with van der Waals surface area (Å²) in [5.41, 5.74) is -0.140. The Morgan fingerprint density at radius 2 is 2.12 bits per heavy atom. The van der Waals surface area contributed by atoms with E-state index in [1.54, 1.807) is 0 Å². The second kappa shape index (κ2) is 4.27. The van der Waals surface area contributed by atoms with Gasteiger partial charge < -0.3 is 4.74 Å².